The molecule has 8 heteroatoms. The van der Waals surface area contributed by atoms with Gasteiger partial charge in [0.25, 0.3) is 0 Å². The number of rotatable bonds is 6. The summed E-state index contributed by atoms with van der Waals surface area (Å²) in [6.07, 6.45) is 7.18. The van der Waals surface area contributed by atoms with Gasteiger partial charge in [0.05, 0.1) is 11.7 Å². The van der Waals surface area contributed by atoms with E-state index in [2.05, 4.69) is 25.6 Å². The molecule has 1 aromatic carbocycles. The van der Waals surface area contributed by atoms with E-state index in [4.69, 9.17) is 4.74 Å². The number of amides is 1. The van der Waals surface area contributed by atoms with E-state index in [-0.39, 0.29) is 11.8 Å². The molecule has 1 aliphatic carbocycles. The number of anilines is 2. The fourth-order valence-electron chi connectivity index (χ4n) is 3.28. The number of ether oxygens (including phenoxy) is 1. The molecule has 0 radical (unpaired) electrons. The Labute approximate surface area is 177 Å². The van der Waals surface area contributed by atoms with Crippen LogP contribution in [0.2, 0.25) is 0 Å². The van der Waals surface area contributed by atoms with Gasteiger partial charge in [-0.15, -0.1) is 0 Å². The molecule has 4 aromatic rings. The third kappa shape index (κ3) is 3.69. The van der Waals surface area contributed by atoms with Gasteiger partial charge in [0.1, 0.15) is 17.4 Å². The van der Waals surface area contributed by atoms with Crippen molar-refractivity contribution in [3.63, 3.8) is 0 Å². The van der Waals surface area contributed by atoms with Crippen molar-refractivity contribution in [1.29, 1.82) is 0 Å². The highest BCUT2D eigenvalue weighted by Crippen LogP contribution is 2.35. The number of carbonyl (C=O) groups excluding carboxylic acids is 1. The predicted molar refractivity (Wildman–Crippen MR) is 118 cm³/mol. The Bertz CT molecular complexity index is 1200. The van der Waals surface area contributed by atoms with Crippen LogP contribution in [-0.4, -0.2) is 27.9 Å². The summed E-state index contributed by atoms with van der Waals surface area (Å²) in [7, 11) is 1.83. The zero-order valence-electron chi connectivity index (χ0n) is 16.3. The highest BCUT2D eigenvalue weighted by atomic mass is 32.1. The van der Waals surface area contributed by atoms with Crippen molar-refractivity contribution >= 4 is 39.7 Å². The van der Waals surface area contributed by atoms with E-state index in [0.29, 0.717) is 5.82 Å². The van der Waals surface area contributed by atoms with E-state index in [1.165, 1.54) is 11.3 Å². The van der Waals surface area contributed by atoms with Crippen LogP contribution in [0.1, 0.15) is 12.8 Å². The number of nitrogens with zero attached hydrogens (tertiary/aromatic N) is 3. The summed E-state index contributed by atoms with van der Waals surface area (Å²) in [5.74, 6) is 2.20. The van der Waals surface area contributed by atoms with Crippen LogP contribution in [0.15, 0.2) is 54.4 Å². The first-order valence-corrected chi connectivity index (χ1v) is 10.5. The van der Waals surface area contributed by atoms with Gasteiger partial charge in [-0.25, -0.2) is 15.0 Å². The van der Waals surface area contributed by atoms with Gasteiger partial charge in [-0.1, -0.05) is 23.5 Å². The molecule has 0 unspecified atom stereocenters. The number of carbonyl (C=O) groups is 1. The van der Waals surface area contributed by atoms with Crippen LogP contribution in [0.25, 0.3) is 21.9 Å². The van der Waals surface area contributed by atoms with Gasteiger partial charge < -0.3 is 15.4 Å². The van der Waals surface area contributed by atoms with Crippen molar-refractivity contribution in [2.75, 3.05) is 17.7 Å². The summed E-state index contributed by atoms with van der Waals surface area (Å²) in [5.41, 5.74) is 3.69. The second-order valence-corrected chi connectivity index (χ2v) is 7.94. The SMILES string of the molecule is CNc1ncc(-c2ccc(Oc3cncs3)cc2)c2cc(NC(=O)C3CC3)ncc12. The predicted octanol–water partition coefficient (Wildman–Crippen LogP) is 4.94. The molecule has 3 aromatic heterocycles. The van der Waals surface area contributed by atoms with E-state index in [1.807, 2.05) is 43.6 Å². The lowest BCUT2D eigenvalue weighted by Crippen LogP contribution is -2.14. The van der Waals surface area contributed by atoms with E-state index in [1.54, 1.807) is 17.9 Å². The minimum absolute atomic E-state index is 0.0378. The van der Waals surface area contributed by atoms with Gasteiger partial charge in [0, 0.05) is 36.3 Å². The standard InChI is InChI=1S/C22H19N5O2S/c1-23-21-18-10-25-19(27-22(28)14-2-3-14)8-16(18)17(9-26-21)13-4-6-15(7-5-13)29-20-11-24-12-30-20/h4-12,14H,2-3H2,1H3,(H,23,26)(H,25,27,28). The largest absolute Gasteiger partial charge is 0.445 e. The van der Waals surface area contributed by atoms with E-state index in [9.17, 15) is 4.79 Å². The summed E-state index contributed by atoms with van der Waals surface area (Å²) in [5, 5.41) is 8.64. The summed E-state index contributed by atoms with van der Waals surface area (Å²) in [4.78, 5) is 25.1. The molecule has 3 heterocycles. The van der Waals surface area contributed by atoms with Crippen LogP contribution in [0.4, 0.5) is 11.6 Å². The molecule has 0 spiro atoms. The van der Waals surface area contributed by atoms with Gasteiger partial charge in [0.15, 0.2) is 0 Å². The van der Waals surface area contributed by atoms with Crippen LogP contribution >= 0.6 is 11.3 Å². The third-order valence-electron chi connectivity index (χ3n) is 5.00. The van der Waals surface area contributed by atoms with E-state index < -0.39 is 0 Å². The molecule has 7 nitrogen and oxygen atoms in total. The number of hydrogen-bond acceptors (Lipinski definition) is 7. The number of pyridine rings is 2. The van der Waals surface area contributed by atoms with E-state index in [0.717, 1.165) is 51.4 Å². The molecular formula is C22H19N5O2S. The second-order valence-electron chi connectivity index (χ2n) is 7.10. The summed E-state index contributed by atoms with van der Waals surface area (Å²) >= 11 is 1.45. The van der Waals surface area contributed by atoms with Gasteiger partial charge in [0.2, 0.25) is 11.0 Å². The van der Waals surface area contributed by atoms with Gasteiger partial charge >= 0.3 is 0 Å². The average molecular weight is 417 g/mol. The van der Waals surface area contributed by atoms with Crippen LogP contribution in [0.5, 0.6) is 10.8 Å². The first kappa shape index (κ1) is 18.5. The van der Waals surface area contributed by atoms with Gasteiger partial charge in [-0.3, -0.25) is 4.79 Å². The molecular weight excluding hydrogens is 398 g/mol. The van der Waals surface area contributed by atoms with Crippen molar-refractivity contribution in [2.24, 2.45) is 5.92 Å². The van der Waals surface area contributed by atoms with Crippen LogP contribution < -0.4 is 15.4 Å². The fraction of sp³-hybridized carbons (Fsp3) is 0.182. The number of hydrogen-bond donors (Lipinski definition) is 2. The maximum absolute atomic E-state index is 12.2. The molecule has 0 saturated heterocycles. The Morgan fingerprint density at radius 1 is 1.10 bits per heavy atom. The third-order valence-corrected chi connectivity index (χ3v) is 5.65. The quantitative estimate of drug-likeness (QED) is 0.462. The summed E-state index contributed by atoms with van der Waals surface area (Å²) in [6.45, 7) is 0. The lowest BCUT2D eigenvalue weighted by molar-refractivity contribution is -0.117. The Balaban J connectivity index is 1.51. The molecule has 5 rings (SSSR count). The molecule has 1 saturated carbocycles. The fourth-order valence-corrected chi connectivity index (χ4v) is 3.77. The number of benzene rings is 1. The van der Waals surface area contributed by atoms with Crippen molar-refractivity contribution in [1.82, 2.24) is 15.0 Å². The van der Waals surface area contributed by atoms with Crippen LogP contribution in [0, 0.1) is 5.92 Å². The maximum atomic E-state index is 12.2. The maximum Gasteiger partial charge on any atom is 0.228 e. The molecule has 1 fully saturated rings. The highest BCUT2D eigenvalue weighted by molar-refractivity contribution is 7.11. The monoisotopic (exact) mass is 417 g/mol. The lowest BCUT2D eigenvalue weighted by atomic mass is 10.0. The Morgan fingerprint density at radius 3 is 2.63 bits per heavy atom. The number of fused-ring (bicyclic) bond motifs is 1. The van der Waals surface area contributed by atoms with Gasteiger partial charge in [-0.2, -0.15) is 0 Å². The average Bonchev–Trinajstić information content (AvgIpc) is 3.51. The molecule has 30 heavy (non-hydrogen) atoms. The topological polar surface area (TPSA) is 89.0 Å². The smallest absolute Gasteiger partial charge is 0.228 e. The number of nitrogens with one attached hydrogen (secondary N) is 2. The molecule has 1 aliphatic rings. The highest BCUT2D eigenvalue weighted by Gasteiger charge is 2.29. The van der Waals surface area contributed by atoms with Crippen LogP contribution in [-0.2, 0) is 4.79 Å². The normalized spacial score (nSPS) is 13.2. The number of thiazole rings is 1. The Morgan fingerprint density at radius 2 is 1.93 bits per heavy atom. The van der Waals surface area contributed by atoms with Gasteiger partial charge in [-0.05, 0) is 42.0 Å². The molecule has 1 amide bonds. The summed E-state index contributed by atoms with van der Waals surface area (Å²) in [6, 6.07) is 9.74. The first-order valence-electron chi connectivity index (χ1n) is 9.65. The molecule has 0 atom stereocenters. The Kier molecular flexibility index (Phi) is 4.76. The summed E-state index contributed by atoms with van der Waals surface area (Å²) < 4.78 is 5.80. The molecule has 150 valence electrons. The van der Waals surface area contributed by atoms with Crippen molar-refractivity contribution in [3.05, 3.63) is 54.4 Å². The zero-order chi connectivity index (χ0) is 20.5. The minimum atomic E-state index is 0.0378. The molecule has 0 aliphatic heterocycles. The lowest BCUT2D eigenvalue weighted by Gasteiger charge is -2.12. The zero-order valence-corrected chi connectivity index (χ0v) is 17.1. The number of aromatic nitrogens is 3. The van der Waals surface area contributed by atoms with Crippen LogP contribution in [0.3, 0.4) is 0 Å². The first-order chi connectivity index (χ1) is 14.7. The van der Waals surface area contributed by atoms with Crippen molar-refractivity contribution < 1.29 is 9.53 Å². The van der Waals surface area contributed by atoms with E-state index >= 15 is 0 Å². The Hall–Kier alpha value is -3.52. The second kappa shape index (κ2) is 7.72. The van der Waals surface area contributed by atoms with Crippen molar-refractivity contribution in [3.8, 4) is 21.9 Å². The molecule has 0 bridgehead atoms. The minimum Gasteiger partial charge on any atom is -0.445 e. The van der Waals surface area contributed by atoms with Crippen molar-refractivity contribution in [2.45, 2.75) is 12.8 Å². The molecule has 2 N–H and O–H groups in total.